The number of hydrogen-bond acceptors (Lipinski definition) is 10. The molecule has 1 saturated heterocycles. The quantitative estimate of drug-likeness (QED) is 0.0916. The maximum Gasteiger partial charge on any atom is 0.246 e. The fourth-order valence-electron chi connectivity index (χ4n) is 11.1. The topological polar surface area (TPSA) is 159 Å². The number of anilines is 1. The molecule has 0 aliphatic carbocycles. The van der Waals surface area contributed by atoms with Gasteiger partial charge in [0.2, 0.25) is 21.3 Å². The number of carbonyl (C=O) groups excluding carboxylic acids is 1. The number of rotatable bonds is 17. The van der Waals surface area contributed by atoms with Crippen molar-refractivity contribution in [3.63, 3.8) is 0 Å². The first-order chi connectivity index (χ1) is 30.6. The van der Waals surface area contributed by atoms with Gasteiger partial charge in [-0.25, -0.2) is 17.7 Å². The van der Waals surface area contributed by atoms with E-state index in [1.807, 2.05) is 18.2 Å². The van der Waals surface area contributed by atoms with Crippen molar-refractivity contribution in [2.24, 2.45) is 0 Å². The van der Waals surface area contributed by atoms with Gasteiger partial charge < -0.3 is 39.4 Å². The summed E-state index contributed by atoms with van der Waals surface area (Å²) in [5, 5.41) is 26.1. The smallest absolute Gasteiger partial charge is 0.246 e. The van der Waals surface area contributed by atoms with Crippen molar-refractivity contribution in [2.45, 2.75) is 132 Å². The molecule has 3 aromatic rings. The molecule has 0 spiro atoms. The number of hydrogen-bond donors (Lipinski definition) is 4. The zero-order valence-electron chi connectivity index (χ0n) is 37.0. The number of aryl methyl sites for hydroxylation is 2. The van der Waals surface area contributed by atoms with Crippen LogP contribution in [-0.2, 0) is 54.7 Å². The molecule has 6 aliphatic rings. The standard InChI is InChI=1S/C49H64N4O9S/c1-31-47(46(56)45(55)39(61-31)29-59-2)60-30-41(54)50-21-9-5-3-4-6-10-22-51-63(57,58)40-20-8-7-17-34(40)42-37-27-32-15-11-23-52-25-13-18-35(43(32)52)48(37)62-49-36-19-14-26-53-24-12-16-33(44(36)53)28-38(42)49/h7-8,17,20,27-28,31,39,45-47,51,55-56H,3-6,9-16,18-19,21-26,29-30H2,1-2H3/p+1/t31-,39?,45?,46?,47?/m1/s1. The largest absolute Gasteiger partial charge is 0.455 e. The van der Waals surface area contributed by atoms with E-state index < -0.39 is 40.5 Å². The number of nitrogens with one attached hydrogen (secondary N) is 2. The summed E-state index contributed by atoms with van der Waals surface area (Å²) in [7, 11) is -2.36. The van der Waals surface area contributed by atoms with E-state index in [9.17, 15) is 23.4 Å². The lowest BCUT2D eigenvalue weighted by Gasteiger charge is -2.41. The first-order valence-electron chi connectivity index (χ1n) is 23.6. The van der Waals surface area contributed by atoms with Crippen LogP contribution in [0.5, 0.6) is 11.5 Å². The summed E-state index contributed by atoms with van der Waals surface area (Å²) in [4.78, 5) is 15.3. The van der Waals surface area contributed by atoms with Crippen molar-refractivity contribution in [1.29, 1.82) is 0 Å². The molecule has 63 heavy (non-hydrogen) atoms. The highest BCUT2D eigenvalue weighted by Crippen LogP contribution is 2.49. The Hall–Kier alpha value is -3.89. The third-order valence-electron chi connectivity index (χ3n) is 14.0. The molecule has 0 radical (unpaired) electrons. The van der Waals surface area contributed by atoms with Gasteiger partial charge in [-0.2, -0.15) is 0 Å². The van der Waals surface area contributed by atoms with Crippen molar-refractivity contribution in [3.8, 4) is 11.5 Å². The zero-order valence-corrected chi connectivity index (χ0v) is 37.8. The van der Waals surface area contributed by atoms with Crippen molar-refractivity contribution in [1.82, 2.24) is 14.6 Å². The molecule has 4 unspecified atom stereocenters. The maximum absolute atomic E-state index is 14.4. The van der Waals surface area contributed by atoms with Crippen LogP contribution >= 0.6 is 0 Å². The minimum atomic E-state index is -3.86. The van der Waals surface area contributed by atoms with Crippen molar-refractivity contribution in [3.05, 3.63) is 80.4 Å². The van der Waals surface area contributed by atoms with E-state index in [0.29, 0.717) is 18.0 Å². The summed E-state index contributed by atoms with van der Waals surface area (Å²) in [6, 6.07) is 12.2. The van der Waals surface area contributed by atoms with E-state index in [0.717, 1.165) is 149 Å². The molecule has 3 aromatic carbocycles. The second-order valence-corrected chi connectivity index (χ2v) is 20.0. The summed E-state index contributed by atoms with van der Waals surface area (Å²) < 4.78 is 57.9. The van der Waals surface area contributed by atoms with E-state index in [4.69, 9.17) is 18.9 Å². The van der Waals surface area contributed by atoms with Crippen LogP contribution in [0.4, 0.5) is 5.69 Å². The van der Waals surface area contributed by atoms with Crippen molar-refractivity contribution < 1.29 is 42.4 Å². The van der Waals surface area contributed by atoms with Gasteiger partial charge >= 0.3 is 0 Å². The molecule has 0 saturated carbocycles. The Bertz CT molecular complexity index is 2430. The molecule has 0 aromatic heterocycles. The monoisotopic (exact) mass is 885 g/mol. The van der Waals surface area contributed by atoms with Crippen LogP contribution in [0.15, 0.2) is 41.3 Å². The Balaban J connectivity index is 0.837. The molecule has 4 N–H and O–H groups in total. The minimum Gasteiger partial charge on any atom is -0.455 e. The number of carbonyl (C=O) groups is 1. The number of fused-ring (bicyclic) bond motifs is 4. The molecule has 14 heteroatoms. The average Bonchev–Trinajstić information content (AvgIpc) is 3.28. The van der Waals surface area contributed by atoms with Gasteiger partial charge in [-0.3, -0.25) is 4.79 Å². The Labute approximate surface area is 371 Å². The van der Waals surface area contributed by atoms with Crippen molar-refractivity contribution in [2.75, 3.05) is 64.5 Å². The van der Waals surface area contributed by atoms with Crippen LogP contribution in [0, 0.1) is 0 Å². The summed E-state index contributed by atoms with van der Waals surface area (Å²) >= 11 is 0. The summed E-state index contributed by atoms with van der Waals surface area (Å²) in [6.45, 7) is 6.76. The average molecular weight is 886 g/mol. The van der Waals surface area contributed by atoms with Gasteiger partial charge in [-0.15, -0.1) is 0 Å². The Morgan fingerprint density at radius 1 is 0.857 bits per heavy atom. The van der Waals surface area contributed by atoms with Crippen LogP contribution < -0.4 is 34.8 Å². The van der Waals surface area contributed by atoms with E-state index in [1.165, 1.54) is 40.4 Å². The molecule has 0 bridgehead atoms. The zero-order chi connectivity index (χ0) is 43.7. The van der Waals surface area contributed by atoms with Gasteiger partial charge in [0.15, 0.2) is 0 Å². The number of unbranched alkanes of at least 4 members (excludes halogenated alkanes) is 5. The molecular weight excluding hydrogens is 821 g/mol. The fourth-order valence-corrected chi connectivity index (χ4v) is 12.4. The number of benzene rings is 3. The van der Waals surface area contributed by atoms with Crippen LogP contribution in [0.2, 0.25) is 0 Å². The van der Waals surface area contributed by atoms with Gasteiger partial charge in [0, 0.05) is 84.9 Å². The Morgan fingerprint density at radius 3 is 2.38 bits per heavy atom. The third-order valence-corrected chi connectivity index (χ3v) is 15.5. The normalized spacial score (nSPS) is 23.6. The number of aliphatic hydroxyl groups is 2. The summed E-state index contributed by atoms with van der Waals surface area (Å²) in [6.07, 6.45) is 9.23. The van der Waals surface area contributed by atoms with Gasteiger partial charge in [0.25, 0.3) is 0 Å². The minimum absolute atomic E-state index is 0.147. The lowest BCUT2D eigenvalue weighted by Crippen LogP contribution is -2.59. The fraction of sp³-hybridized carbons (Fsp3) is 0.592. The summed E-state index contributed by atoms with van der Waals surface area (Å²) in [5.74, 6) is 1.55. The SMILES string of the molecule is COCC1O[C@H](C)C(OCC(=O)NCCCCCCCCNS(=O)(=O)c2ccccc2C2=c3cc4c5c(c3Oc3c2cc2c6c3CCCN6CCC2)CCC[N+]=5CCC4)C(O)C1O. The Morgan fingerprint density at radius 2 is 1.57 bits per heavy atom. The Kier molecular flexibility index (Phi) is 13.6. The predicted molar refractivity (Wildman–Crippen MR) is 241 cm³/mol. The molecule has 6 aliphatic heterocycles. The predicted octanol–water partition coefficient (Wildman–Crippen LogP) is 3.40. The first kappa shape index (κ1) is 44.3. The van der Waals surface area contributed by atoms with E-state index in [1.54, 1.807) is 13.0 Å². The summed E-state index contributed by atoms with van der Waals surface area (Å²) in [5.41, 5.74) is 9.33. The number of methoxy groups -OCH3 is 1. The number of aliphatic hydroxyl groups excluding tert-OH is 2. The number of amides is 1. The van der Waals surface area contributed by atoms with Crippen molar-refractivity contribution >= 4 is 27.2 Å². The highest BCUT2D eigenvalue weighted by Gasteiger charge is 2.43. The molecular formula is C49H65N4O9S+. The third kappa shape index (κ3) is 8.93. The second-order valence-electron chi connectivity index (χ2n) is 18.3. The van der Waals surface area contributed by atoms with Gasteiger partial charge in [-0.05, 0) is 82.1 Å². The van der Waals surface area contributed by atoms with Gasteiger partial charge in [0.1, 0.15) is 55.6 Å². The van der Waals surface area contributed by atoms with E-state index in [2.05, 4.69) is 31.6 Å². The first-order valence-corrected chi connectivity index (χ1v) is 25.0. The maximum atomic E-state index is 14.4. The number of nitrogens with zero attached hydrogens (tertiary/aromatic N) is 2. The van der Waals surface area contributed by atoms with E-state index >= 15 is 0 Å². The highest BCUT2D eigenvalue weighted by atomic mass is 32.2. The molecule has 1 amide bonds. The molecule has 13 nitrogen and oxygen atoms in total. The van der Waals surface area contributed by atoms with Crippen LogP contribution in [0.1, 0.15) is 105 Å². The van der Waals surface area contributed by atoms with Crippen LogP contribution in [0.3, 0.4) is 0 Å². The van der Waals surface area contributed by atoms with E-state index in [-0.39, 0.29) is 19.1 Å². The highest BCUT2D eigenvalue weighted by molar-refractivity contribution is 7.89. The van der Waals surface area contributed by atoms with Crippen LogP contribution in [0.25, 0.3) is 5.57 Å². The lowest BCUT2D eigenvalue weighted by atomic mass is 9.82. The van der Waals surface area contributed by atoms with Crippen LogP contribution in [-0.4, -0.2) is 115 Å². The van der Waals surface area contributed by atoms with Gasteiger partial charge in [0.05, 0.1) is 23.2 Å². The molecule has 6 heterocycles. The second kappa shape index (κ2) is 19.3. The van der Waals surface area contributed by atoms with Gasteiger partial charge in [-0.1, -0.05) is 43.9 Å². The molecule has 1 fully saturated rings. The number of sulfonamides is 1. The molecule has 5 atom stereocenters. The number of ether oxygens (including phenoxy) is 4. The molecule has 340 valence electrons. The molecule has 9 rings (SSSR count). The lowest BCUT2D eigenvalue weighted by molar-refractivity contribution is -0.237.